The van der Waals surface area contributed by atoms with Crippen molar-refractivity contribution in [2.24, 2.45) is 0 Å². The fraction of sp³-hybridized carbons (Fsp3) is 0.0909. The Kier molecular flexibility index (Phi) is 3.86. The topological polar surface area (TPSA) is 90.9 Å². The van der Waals surface area contributed by atoms with Crippen LogP contribution in [0.25, 0.3) is 0 Å². The standard InChI is InChI=1S/C11H8N2O3S/c1-9-2-4-11(5-3-9)17(14,15)16-10(8-13)6-7-12/h2-6H,1H3. The minimum absolute atomic E-state index is 0.0674. The summed E-state index contributed by atoms with van der Waals surface area (Å²) in [6.07, 6.45) is 0.728. The van der Waals surface area contributed by atoms with Crippen LogP contribution < -0.4 is 0 Å². The second kappa shape index (κ2) is 5.15. The first-order valence-electron chi connectivity index (χ1n) is 4.50. The predicted octanol–water partition coefficient (Wildman–Crippen LogP) is 1.63. The number of allylic oxidation sites excluding steroid dienone is 2. The third-order valence-corrected chi connectivity index (χ3v) is 3.06. The van der Waals surface area contributed by atoms with Gasteiger partial charge in [0.15, 0.2) is 0 Å². The fourth-order valence-electron chi connectivity index (χ4n) is 1.00. The molecule has 1 aromatic rings. The van der Waals surface area contributed by atoms with Crippen LogP contribution in [0, 0.1) is 29.6 Å². The molecule has 0 radical (unpaired) electrons. The molecular weight excluding hydrogens is 240 g/mol. The first-order chi connectivity index (χ1) is 7.99. The van der Waals surface area contributed by atoms with Crippen molar-refractivity contribution in [1.82, 2.24) is 0 Å². The van der Waals surface area contributed by atoms with Crippen LogP contribution in [-0.4, -0.2) is 8.42 Å². The molecule has 0 bridgehead atoms. The van der Waals surface area contributed by atoms with E-state index in [0.717, 1.165) is 11.6 Å². The van der Waals surface area contributed by atoms with Gasteiger partial charge in [-0.25, -0.2) is 0 Å². The molecule has 17 heavy (non-hydrogen) atoms. The molecule has 0 heterocycles. The molecule has 1 rings (SSSR count). The zero-order chi connectivity index (χ0) is 12.9. The summed E-state index contributed by atoms with van der Waals surface area (Å²) in [5, 5.41) is 16.9. The Morgan fingerprint density at radius 1 is 1.29 bits per heavy atom. The largest absolute Gasteiger partial charge is 0.367 e. The van der Waals surface area contributed by atoms with Crippen LogP contribution in [0.15, 0.2) is 41.0 Å². The molecule has 0 aromatic heterocycles. The summed E-state index contributed by atoms with van der Waals surface area (Å²) in [5.41, 5.74) is 0.900. The molecule has 0 N–H and O–H groups in total. The molecule has 0 amide bonds. The highest BCUT2D eigenvalue weighted by molar-refractivity contribution is 7.86. The smallest absolute Gasteiger partial charge is 0.339 e. The van der Waals surface area contributed by atoms with Crippen molar-refractivity contribution in [2.45, 2.75) is 11.8 Å². The van der Waals surface area contributed by atoms with E-state index in [1.807, 2.05) is 6.92 Å². The van der Waals surface area contributed by atoms with Crippen LogP contribution in [0.4, 0.5) is 0 Å². The Bertz CT molecular complexity index is 616. The highest BCUT2D eigenvalue weighted by atomic mass is 32.2. The minimum atomic E-state index is -4.05. The van der Waals surface area contributed by atoms with Crippen LogP contribution in [0.1, 0.15) is 5.56 Å². The summed E-state index contributed by atoms with van der Waals surface area (Å²) in [6.45, 7) is 1.81. The Hall–Kier alpha value is -2.31. The van der Waals surface area contributed by atoms with E-state index in [-0.39, 0.29) is 4.90 Å². The van der Waals surface area contributed by atoms with Gasteiger partial charge in [0.1, 0.15) is 11.0 Å². The van der Waals surface area contributed by atoms with E-state index < -0.39 is 15.9 Å². The second-order valence-electron chi connectivity index (χ2n) is 3.10. The second-order valence-corrected chi connectivity index (χ2v) is 4.65. The molecule has 0 spiro atoms. The Labute approximate surface area is 99.3 Å². The molecule has 0 unspecified atom stereocenters. The Morgan fingerprint density at radius 2 is 1.88 bits per heavy atom. The molecule has 0 aliphatic heterocycles. The molecule has 0 aliphatic carbocycles. The van der Waals surface area contributed by atoms with Gasteiger partial charge in [0.05, 0.1) is 12.1 Å². The average Bonchev–Trinajstić information content (AvgIpc) is 2.28. The summed E-state index contributed by atoms with van der Waals surface area (Å²) in [7, 11) is -4.05. The van der Waals surface area contributed by atoms with Gasteiger partial charge in [-0.1, -0.05) is 17.7 Å². The molecule has 0 saturated carbocycles. The van der Waals surface area contributed by atoms with Gasteiger partial charge >= 0.3 is 10.1 Å². The number of hydrogen-bond donors (Lipinski definition) is 0. The van der Waals surface area contributed by atoms with Gasteiger partial charge in [0.25, 0.3) is 0 Å². The van der Waals surface area contributed by atoms with Gasteiger partial charge < -0.3 is 4.18 Å². The van der Waals surface area contributed by atoms with E-state index in [1.54, 1.807) is 12.1 Å². The van der Waals surface area contributed by atoms with Gasteiger partial charge in [0, 0.05) is 0 Å². The lowest BCUT2D eigenvalue weighted by atomic mass is 10.2. The van der Waals surface area contributed by atoms with Crippen LogP contribution in [0.3, 0.4) is 0 Å². The zero-order valence-electron chi connectivity index (χ0n) is 8.91. The summed E-state index contributed by atoms with van der Waals surface area (Å²) in [4.78, 5) is -0.0674. The van der Waals surface area contributed by atoms with Gasteiger partial charge in [-0.05, 0) is 19.1 Å². The lowest BCUT2D eigenvalue weighted by molar-refractivity contribution is 0.422. The molecule has 5 nitrogen and oxygen atoms in total. The first-order valence-corrected chi connectivity index (χ1v) is 5.91. The Balaban J connectivity index is 3.06. The van der Waals surface area contributed by atoms with Crippen molar-refractivity contribution in [1.29, 1.82) is 10.5 Å². The maximum absolute atomic E-state index is 11.7. The van der Waals surface area contributed by atoms with Crippen molar-refractivity contribution in [3.8, 4) is 12.1 Å². The number of nitriles is 2. The molecule has 86 valence electrons. The maximum atomic E-state index is 11.7. The molecule has 0 saturated heterocycles. The van der Waals surface area contributed by atoms with E-state index in [1.165, 1.54) is 24.3 Å². The molecule has 0 aliphatic rings. The minimum Gasteiger partial charge on any atom is -0.367 e. The lowest BCUT2D eigenvalue weighted by Crippen LogP contribution is -2.05. The maximum Gasteiger partial charge on any atom is 0.339 e. The molecular formula is C11H8N2O3S. The lowest BCUT2D eigenvalue weighted by Gasteiger charge is -2.04. The van der Waals surface area contributed by atoms with E-state index >= 15 is 0 Å². The monoisotopic (exact) mass is 248 g/mol. The van der Waals surface area contributed by atoms with Crippen molar-refractivity contribution in [3.63, 3.8) is 0 Å². The molecule has 0 atom stereocenters. The van der Waals surface area contributed by atoms with Crippen LogP contribution in [-0.2, 0) is 14.3 Å². The van der Waals surface area contributed by atoms with Crippen molar-refractivity contribution in [3.05, 3.63) is 41.7 Å². The molecule has 0 fully saturated rings. The normalized spacial score (nSPS) is 11.4. The van der Waals surface area contributed by atoms with Gasteiger partial charge in [-0.2, -0.15) is 18.9 Å². The van der Waals surface area contributed by atoms with Crippen LogP contribution >= 0.6 is 0 Å². The Morgan fingerprint density at radius 3 is 2.35 bits per heavy atom. The quantitative estimate of drug-likeness (QED) is 0.460. The van der Waals surface area contributed by atoms with E-state index in [9.17, 15) is 8.42 Å². The van der Waals surface area contributed by atoms with Gasteiger partial charge in [-0.15, -0.1) is 0 Å². The van der Waals surface area contributed by atoms with Crippen molar-refractivity contribution < 1.29 is 12.6 Å². The SMILES string of the molecule is Cc1ccc(S(=O)(=O)OC(C#N)=CC#N)cc1. The third-order valence-electron chi connectivity index (χ3n) is 1.81. The van der Waals surface area contributed by atoms with E-state index in [4.69, 9.17) is 10.5 Å². The molecule has 6 heteroatoms. The summed E-state index contributed by atoms with van der Waals surface area (Å²) >= 11 is 0. The average molecular weight is 248 g/mol. The number of aryl methyl sites for hydroxylation is 1. The number of hydrogen-bond acceptors (Lipinski definition) is 5. The van der Waals surface area contributed by atoms with Gasteiger partial charge in [0.2, 0.25) is 5.76 Å². The van der Waals surface area contributed by atoms with Crippen molar-refractivity contribution in [2.75, 3.05) is 0 Å². The summed E-state index contributed by atoms with van der Waals surface area (Å²) < 4.78 is 27.8. The number of nitrogens with zero attached hydrogens (tertiary/aromatic N) is 2. The third kappa shape index (κ3) is 3.33. The highest BCUT2D eigenvalue weighted by Gasteiger charge is 2.17. The predicted molar refractivity (Wildman–Crippen MR) is 58.8 cm³/mol. The fourth-order valence-corrected chi connectivity index (χ4v) is 1.89. The number of rotatable bonds is 3. The van der Waals surface area contributed by atoms with Crippen LogP contribution in [0.2, 0.25) is 0 Å². The van der Waals surface area contributed by atoms with Crippen LogP contribution in [0.5, 0.6) is 0 Å². The number of benzene rings is 1. The summed E-state index contributed by atoms with van der Waals surface area (Å²) in [5.74, 6) is -0.562. The summed E-state index contributed by atoms with van der Waals surface area (Å²) in [6, 6.07) is 8.95. The van der Waals surface area contributed by atoms with E-state index in [0.29, 0.717) is 0 Å². The zero-order valence-corrected chi connectivity index (χ0v) is 9.73. The molecule has 1 aromatic carbocycles. The highest BCUT2D eigenvalue weighted by Crippen LogP contribution is 2.16. The first kappa shape index (κ1) is 12.8. The van der Waals surface area contributed by atoms with Crippen molar-refractivity contribution >= 4 is 10.1 Å². The van der Waals surface area contributed by atoms with Gasteiger partial charge in [-0.3, -0.25) is 0 Å². The van der Waals surface area contributed by atoms with E-state index in [2.05, 4.69) is 4.18 Å².